The Kier molecular flexibility index (Phi) is 6.95. The van der Waals surface area contributed by atoms with Crippen LogP contribution in [0.15, 0.2) is 30.3 Å². The van der Waals surface area contributed by atoms with Gasteiger partial charge in [0.05, 0.1) is 33.1 Å². The Morgan fingerprint density at radius 1 is 1.04 bits per heavy atom. The van der Waals surface area contributed by atoms with Crippen molar-refractivity contribution in [1.29, 1.82) is 0 Å². The molecular formula is C18H20ClN3O5. The molecule has 0 spiro atoms. The molecular weight excluding hydrogens is 374 g/mol. The van der Waals surface area contributed by atoms with Gasteiger partial charge in [-0.15, -0.1) is 0 Å². The highest BCUT2D eigenvalue weighted by Gasteiger charge is 2.38. The van der Waals surface area contributed by atoms with Gasteiger partial charge in [-0.05, 0) is 12.5 Å². The van der Waals surface area contributed by atoms with Crippen molar-refractivity contribution in [2.24, 2.45) is 5.92 Å². The third-order valence-electron chi connectivity index (χ3n) is 3.87. The maximum absolute atomic E-state index is 12.3. The summed E-state index contributed by atoms with van der Waals surface area (Å²) in [5.74, 6) is -2.46. The van der Waals surface area contributed by atoms with E-state index < -0.39 is 23.9 Å². The van der Waals surface area contributed by atoms with Crippen molar-refractivity contribution in [3.63, 3.8) is 0 Å². The van der Waals surface area contributed by atoms with Gasteiger partial charge < -0.3 is 19.5 Å². The molecule has 0 aliphatic carbocycles. The summed E-state index contributed by atoms with van der Waals surface area (Å²) in [7, 11) is 3.83. The molecule has 0 aliphatic rings. The number of hydrogen-bond acceptors (Lipinski definition) is 8. The largest absolute Gasteiger partial charge is 0.480 e. The van der Waals surface area contributed by atoms with Crippen LogP contribution in [0.1, 0.15) is 17.3 Å². The summed E-state index contributed by atoms with van der Waals surface area (Å²) in [5.41, 5.74) is 1.12. The Morgan fingerprint density at radius 3 is 2.15 bits per heavy atom. The zero-order chi connectivity index (χ0) is 20.0. The lowest BCUT2D eigenvalue weighted by molar-refractivity contribution is -0.159. The fourth-order valence-corrected chi connectivity index (χ4v) is 2.68. The zero-order valence-corrected chi connectivity index (χ0v) is 16.1. The Hall–Kier alpha value is -2.87. The standard InChI is InChI=1S/C18H20ClN3O5/c1-10-13(19)15(25-2)22-18(20-10)21-14(11-8-6-5-7-9-11)12(16(23)26-3)17(24)27-4/h5-9,12,14H,1-4H3,(H,20,21,22). The molecule has 0 bridgehead atoms. The second kappa shape index (κ2) is 9.18. The summed E-state index contributed by atoms with van der Waals surface area (Å²) in [6.45, 7) is 1.69. The average Bonchev–Trinajstić information content (AvgIpc) is 2.70. The van der Waals surface area contributed by atoms with Gasteiger partial charge in [-0.2, -0.15) is 4.98 Å². The molecule has 1 unspecified atom stereocenters. The van der Waals surface area contributed by atoms with Crippen LogP contribution in [0.4, 0.5) is 5.95 Å². The summed E-state index contributed by atoms with van der Waals surface area (Å²) < 4.78 is 14.7. The van der Waals surface area contributed by atoms with Crippen LogP contribution in [-0.4, -0.2) is 43.2 Å². The number of halogens is 1. The first kappa shape index (κ1) is 20.4. The van der Waals surface area contributed by atoms with Gasteiger partial charge in [0.15, 0.2) is 5.92 Å². The zero-order valence-electron chi connectivity index (χ0n) is 15.4. The lowest BCUT2D eigenvalue weighted by Crippen LogP contribution is -2.36. The van der Waals surface area contributed by atoms with Crippen LogP contribution < -0.4 is 10.1 Å². The monoisotopic (exact) mass is 393 g/mol. The average molecular weight is 394 g/mol. The van der Waals surface area contributed by atoms with Crippen LogP contribution in [0, 0.1) is 12.8 Å². The Bertz CT molecular complexity index is 800. The lowest BCUT2D eigenvalue weighted by atomic mass is 9.93. The van der Waals surface area contributed by atoms with Gasteiger partial charge in [-0.25, -0.2) is 4.98 Å². The number of esters is 2. The number of benzene rings is 1. The molecule has 1 atom stereocenters. The summed E-state index contributed by atoms with van der Waals surface area (Å²) >= 11 is 6.10. The minimum Gasteiger partial charge on any atom is -0.480 e. The molecule has 144 valence electrons. The van der Waals surface area contributed by atoms with E-state index in [4.69, 9.17) is 25.8 Å². The number of hydrogen-bond donors (Lipinski definition) is 1. The highest BCUT2D eigenvalue weighted by molar-refractivity contribution is 6.32. The van der Waals surface area contributed by atoms with Gasteiger partial charge in [-0.3, -0.25) is 9.59 Å². The maximum Gasteiger partial charge on any atom is 0.322 e. The molecule has 1 N–H and O–H groups in total. The molecule has 1 heterocycles. The minimum absolute atomic E-state index is 0.139. The van der Waals surface area contributed by atoms with Crippen molar-refractivity contribution in [2.45, 2.75) is 13.0 Å². The van der Waals surface area contributed by atoms with E-state index in [9.17, 15) is 9.59 Å². The molecule has 0 fully saturated rings. The topological polar surface area (TPSA) is 99.6 Å². The van der Waals surface area contributed by atoms with Crippen molar-refractivity contribution < 1.29 is 23.8 Å². The maximum atomic E-state index is 12.3. The fourth-order valence-electron chi connectivity index (χ4n) is 2.51. The number of aryl methyl sites for hydroxylation is 1. The second-order valence-electron chi connectivity index (χ2n) is 5.51. The molecule has 1 aromatic heterocycles. The van der Waals surface area contributed by atoms with Gasteiger partial charge in [0.1, 0.15) is 5.02 Å². The van der Waals surface area contributed by atoms with Crippen LogP contribution in [0.25, 0.3) is 0 Å². The second-order valence-corrected chi connectivity index (χ2v) is 5.89. The molecule has 0 amide bonds. The van der Waals surface area contributed by atoms with Crippen LogP contribution in [-0.2, 0) is 19.1 Å². The van der Waals surface area contributed by atoms with E-state index in [1.54, 1.807) is 31.2 Å². The Morgan fingerprint density at radius 2 is 1.63 bits per heavy atom. The smallest absolute Gasteiger partial charge is 0.322 e. The quantitative estimate of drug-likeness (QED) is 0.566. The summed E-state index contributed by atoms with van der Waals surface area (Å²) in [4.78, 5) is 33.1. The number of nitrogens with zero attached hydrogens (tertiary/aromatic N) is 2. The summed E-state index contributed by atoms with van der Waals surface area (Å²) in [5, 5.41) is 3.28. The molecule has 0 radical (unpaired) electrons. The molecule has 0 saturated heterocycles. The van der Waals surface area contributed by atoms with Crippen LogP contribution in [0.5, 0.6) is 5.88 Å². The van der Waals surface area contributed by atoms with E-state index in [0.29, 0.717) is 11.3 Å². The number of carbonyl (C=O) groups excluding carboxylic acids is 2. The van der Waals surface area contributed by atoms with E-state index in [-0.39, 0.29) is 16.9 Å². The van der Waals surface area contributed by atoms with Crippen molar-refractivity contribution in [3.8, 4) is 5.88 Å². The Balaban J connectivity index is 2.52. The number of methoxy groups -OCH3 is 3. The minimum atomic E-state index is -1.27. The van der Waals surface area contributed by atoms with E-state index in [2.05, 4.69) is 15.3 Å². The molecule has 0 saturated carbocycles. The number of anilines is 1. The van der Waals surface area contributed by atoms with E-state index in [1.165, 1.54) is 21.3 Å². The molecule has 8 nitrogen and oxygen atoms in total. The first-order valence-electron chi connectivity index (χ1n) is 7.98. The first-order chi connectivity index (χ1) is 12.9. The molecule has 9 heteroatoms. The number of ether oxygens (including phenoxy) is 3. The third-order valence-corrected chi connectivity index (χ3v) is 4.30. The molecule has 2 rings (SSSR count). The van der Waals surface area contributed by atoms with E-state index in [0.717, 1.165) is 0 Å². The summed E-state index contributed by atoms with van der Waals surface area (Å²) in [6.07, 6.45) is 0. The number of carbonyl (C=O) groups is 2. The third kappa shape index (κ3) is 4.65. The van der Waals surface area contributed by atoms with Gasteiger partial charge >= 0.3 is 11.9 Å². The van der Waals surface area contributed by atoms with Crippen molar-refractivity contribution >= 4 is 29.5 Å². The molecule has 2 aromatic rings. The van der Waals surface area contributed by atoms with Crippen molar-refractivity contribution in [1.82, 2.24) is 9.97 Å². The Labute approximate surface area is 161 Å². The van der Waals surface area contributed by atoms with Crippen LogP contribution in [0.3, 0.4) is 0 Å². The molecule has 1 aromatic carbocycles. The number of aromatic nitrogens is 2. The predicted octanol–water partition coefficient (Wildman–Crippen LogP) is 2.56. The van der Waals surface area contributed by atoms with Gasteiger partial charge in [-0.1, -0.05) is 41.9 Å². The van der Waals surface area contributed by atoms with Gasteiger partial charge in [0.2, 0.25) is 11.8 Å². The predicted molar refractivity (Wildman–Crippen MR) is 98.7 cm³/mol. The first-order valence-corrected chi connectivity index (χ1v) is 8.36. The fraction of sp³-hybridized carbons (Fsp3) is 0.333. The van der Waals surface area contributed by atoms with Gasteiger partial charge in [0.25, 0.3) is 0 Å². The summed E-state index contributed by atoms with van der Waals surface area (Å²) in [6, 6.07) is 8.07. The SMILES string of the molecule is COC(=O)C(C(=O)OC)C(Nc1nc(C)c(Cl)c(OC)n1)c1ccccc1. The molecule has 0 aliphatic heterocycles. The van der Waals surface area contributed by atoms with Crippen molar-refractivity contribution in [2.75, 3.05) is 26.6 Å². The highest BCUT2D eigenvalue weighted by atomic mass is 35.5. The van der Waals surface area contributed by atoms with Crippen LogP contribution >= 0.6 is 11.6 Å². The normalized spacial score (nSPS) is 11.6. The van der Waals surface area contributed by atoms with Crippen LogP contribution in [0.2, 0.25) is 5.02 Å². The van der Waals surface area contributed by atoms with Crippen molar-refractivity contribution in [3.05, 3.63) is 46.6 Å². The van der Waals surface area contributed by atoms with E-state index >= 15 is 0 Å². The number of nitrogens with one attached hydrogen (secondary N) is 1. The van der Waals surface area contributed by atoms with Gasteiger partial charge in [0, 0.05) is 0 Å². The molecule has 27 heavy (non-hydrogen) atoms. The van der Waals surface area contributed by atoms with E-state index in [1.807, 2.05) is 6.07 Å². The highest BCUT2D eigenvalue weighted by Crippen LogP contribution is 2.31. The number of rotatable bonds is 7. The lowest BCUT2D eigenvalue weighted by Gasteiger charge is -2.25.